The third-order valence-corrected chi connectivity index (χ3v) is 6.81. The molecule has 190 valence electrons. The van der Waals surface area contributed by atoms with Crippen LogP contribution in [0.2, 0.25) is 0 Å². The number of benzene rings is 3. The predicted octanol–water partition coefficient (Wildman–Crippen LogP) is -1.16. The van der Waals surface area contributed by atoms with Crippen LogP contribution in [0.25, 0.3) is 11.1 Å². The summed E-state index contributed by atoms with van der Waals surface area (Å²) in [6.45, 7) is 1.45. The van der Waals surface area contributed by atoms with Crippen LogP contribution in [0, 0.1) is 0 Å². The molecule has 0 radical (unpaired) electrons. The van der Waals surface area contributed by atoms with Gasteiger partial charge >= 0.3 is 35.5 Å². The first-order valence-electron chi connectivity index (χ1n) is 11.3. The number of phenolic OH excluding ortho intramolecular Hbond substituents is 1. The van der Waals surface area contributed by atoms with Crippen LogP contribution in [0.4, 0.5) is 0 Å². The molecule has 0 aromatic heterocycles. The van der Waals surface area contributed by atoms with Crippen molar-refractivity contribution in [3.63, 3.8) is 0 Å². The normalized spacial score (nSPS) is 15.9. The van der Waals surface area contributed by atoms with E-state index in [4.69, 9.17) is 4.74 Å². The predicted molar refractivity (Wildman–Crippen MR) is 126 cm³/mol. The number of methoxy groups -OCH3 is 1. The van der Waals surface area contributed by atoms with E-state index in [1.54, 1.807) is 0 Å². The number of carboxylic acid groups (broad SMARTS) is 1. The Bertz CT molecular complexity index is 1560. The molecular weight excluding hydrogens is 507 g/mol. The van der Waals surface area contributed by atoms with E-state index in [0.29, 0.717) is 0 Å². The summed E-state index contributed by atoms with van der Waals surface area (Å²) in [5, 5.41) is 65.8. The van der Waals surface area contributed by atoms with Crippen molar-refractivity contribution >= 4 is 17.5 Å². The number of aliphatic hydroxyl groups is 2. The average Bonchev–Trinajstić information content (AvgIpc) is 2.81. The second-order valence-electron chi connectivity index (χ2n) is 9.13. The van der Waals surface area contributed by atoms with E-state index in [-0.39, 0.29) is 87.1 Å². The third-order valence-electron chi connectivity index (χ3n) is 6.81. The van der Waals surface area contributed by atoms with Crippen molar-refractivity contribution in [2.45, 2.75) is 32.0 Å². The number of hydrogen-bond acceptors (Lipinski definition) is 9. The van der Waals surface area contributed by atoms with Gasteiger partial charge in [-0.25, -0.2) is 4.79 Å². The minimum Gasteiger partial charge on any atom is -0.872 e. The molecule has 0 saturated heterocycles. The molecule has 5 rings (SSSR count). The molecule has 10 nitrogen and oxygen atoms in total. The van der Waals surface area contributed by atoms with Crippen LogP contribution in [0.3, 0.4) is 0 Å². The molecule has 11 heteroatoms. The topological polar surface area (TPSA) is 185 Å². The first-order valence-corrected chi connectivity index (χ1v) is 11.3. The van der Waals surface area contributed by atoms with E-state index in [1.165, 1.54) is 32.2 Å². The average molecular weight is 528 g/mol. The number of ether oxygens (including phenoxy) is 1. The van der Waals surface area contributed by atoms with E-state index in [2.05, 4.69) is 0 Å². The summed E-state index contributed by atoms with van der Waals surface area (Å²) in [5.74, 6) is -5.66. The van der Waals surface area contributed by atoms with Gasteiger partial charge < -0.3 is 35.4 Å². The Hall–Kier alpha value is -3.41. The molecule has 5 N–H and O–H groups in total. The van der Waals surface area contributed by atoms with Crippen molar-refractivity contribution in [3.8, 4) is 34.1 Å². The quantitative estimate of drug-likeness (QED) is 0.202. The largest absolute Gasteiger partial charge is 1.00 e. The van der Waals surface area contributed by atoms with Crippen LogP contribution in [0.5, 0.6) is 23.0 Å². The number of phenols is 2. The summed E-state index contributed by atoms with van der Waals surface area (Å²) < 4.78 is 5.44. The Kier molecular flexibility index (Phi) is 7.06. The maximum Gasteiger partial charge on any atom is 1.00 e. The van der Waals surface area contributed by atoms with Gasteiger partial charge in [-0.2, -0.15) is 0 Å². The molecule has 2 aliphatic rings. The summed E-state index contributed by atoms with van der Waals surface area (Å²) in [6, 6.07) is 5.12. The summed E-state index contributed by atoms with van der Waals surface area (Å²) >= 11 is 0. The van der Waals surface area contributed by atoms with Gasteiger partial charge in [0.1, 0.15) is 22.8 Å². The van der Waals surface area contributed by atoms with Crippen LogP contribution in [0.15, 0.2) is 24.3 Å². The van der Waals surface area contributed by atoms with Gasteiger partial charge in [0.25, 0.3) is 0 Å². The van der Waals surface area contributed by atoms with Crippen LogP contribution in [-0.2, 0) is 12.8 Å². The number of ketones is 2. The second-order valence-corrected chi connectivity index (χ2v) is 9.13. The molecule has 0 saturated carbocycles. The monoisotopic (exact) mass is 528 g/mol. The Morgan fingerprint density at radius 1 is 1.08 bits per heavy atom. The molecule has 2 aliphatic carbocycles. The standard InChI is InChI=1S/C27H22O10.Na/c1-9(28)6-10-7-11-8-14(30)18-19(15(11)23(32)16(10)27(35)36)25(34)20-21(26(18)37-2)24(33)17-12(22(20)31)4-3-5-13(17)29;/h3-5,7,9,14,28-30,32,34H,6,8H2,1-2H3,(H,35,36);/q;+1/p-1. The molecule has 3 aromatic carbocycles. The molecule has 0 spiro atoms. The minimum atomic E-state index is -1.49. The van der Waals surface area contributed by atoms with E-state index >= 15 is 0 Å². The number of fused-ring (bicyclic) bond motifs is 5. The van der Waals surface area contributed by atoms with Crippen molar-refractivity contribution < 1.29 is 79.3 Å². The van der Waals surface area contributed by atoms with E-state index in [9.17, 15) is 45.0 Å². The fourth-order valence-corrected chi connectivity index (χ4v) is 5.42. The molecule has 0 amide bonds. The van der Waals surface area contributed by atoms with Gasteiger partial charge in [-0.15, -0.1) is 0 Å². The zero-order valence-corrected chi connectivity index (χ0v) is 22.7. The second kappa shape index (κ2) is 9.72. The Morgan fingerprint density at radius 2 is 1.76 bits per heavy atom. The Labute approximate surface area is 238 Å². The molecule has 38 heavy (non-hydrogen) atoms. The fourth-order valence-electron chi connectivity index (χ4n) is 5.42. The molecular formula is C27H21NaO10. The first-order chi connectivity index (χ1) is 17.5. The Morgan fingerprint density at radius 3 is 2.37 bits per heavy atom. The van der Waals surface area contributed by atoms with Crippen molar-refractivity contribution in [2.75, 3.05) is 7.11 Å². The number of carbonyl (C=O) groups is 3. The van der Waals surface area contributed by atoms with Crippen LogP contribution in [0.1, 0.15) is 71.9 Å². The number of carboxylic acids is 1. The van der Waals surface area contributed by atoms with E-state index in [1.807, 2.05) is 0 Å². The van der Waals surface area contributed by atoms with Crippen molar-refractivity contribution in [1.29, 1.82) is 0 Å². The van der Waals surface area contributed by atoms with Crippen LogP contribution in [-0.4, -0.2) is 56.3 Å². The van der Waals surface area contributed by atoms with Gasteiger partial charge in [0.2, 0.25) is 0 Å². The van der Waals surface area contributed by atoms with Crippen molar-refractivity contribution in [1.82, 2.24) is 0 Å². The summed E-state index contributed by atoms with van der Waals surface area (Å²) in [4.78, 5) is 39.0. The zero-order chi connectivity index (χ0) is 26.9. The van der Waals surface area contributed by atoms with Crippen LogP contribution >= 0.6 is 0 Å². The molecule has 2 unspecified atom stereocenters. The van der Waals surface area contributed by atoms with Gasteiger partial charge in [-0.3, -0.25) is 9.59 Å². The fraction of sp³-hybridized carbons (Fsp3) is 0.222. The molecule has 3 aromatic rings. The smallest absolute Gasteiger partial charge is 0.872 e. The number of aromatic carboxylic acids is 1. The van der Waals surface area contributed by atoms with Crippen molar-refractivity contribution in [2.24, 2.45) is 0 Å². The maximum absolute atomic E-state index is 13.5. The van der Waals surface area contributed by atoms with Gasteiger partial charge in [-0.1, -0.05) is 30.0 Å². The summed E-state index contributed by atoms with van der Waals surface area (Å²) in [6.07, 6.45) is -2.60. The number of aliphatic hydroxyl groups excluding tert-OH is 2. The summed E-state index contributed by atoms with van der Waals surface area (Å²) in [5.41, 5.74) is -2.16. The van der Waals surface area contributed by atoms with Crippen molar-refractivity contribution in [3.05, 3.63) is 68.8 Å². The van der Waals surface area contributed by atoms with E-state index < -0.39 is 63.7 Å². The van der Waals surface area contributed by atoms with Gasteiger partial charge in [-0.05, 0) is 24.5 Å². The number of aromatic hydroxyl groups is 2. The number of hydrogen-bond donors (Lipinski definition) is 5. The molecule has 0 aliphatic heterocycles. The number of carbonyl (C=O) groups excluding carboxylic acids is 2. The third kappa shape index (κ3) is 3.79. The molecule has 0 bridgehead atoms. The maximum atomic E-state index is 13.5. The molecule has 0 fully saturated rings. The zero-order valence-electron chi connectivity index (χ0n) is 20.7. The SMILES string of the molecule is COc1c2c(c(O)c3c1C(O)Cc1cc(CC(C)O)c(C(=O)O)c(O)c1-3)C(=O)c1cccc([O-])c1C2=O.[Na+]. The van der Waals surface area contributed by atoms with Crippen LogP contribution < -0.4 is 39.4 Å². The van der Waals surface area contributed by atoms with Gasteiger partial charge in [0.05, 0.1) is 30.4 Å². The molecule has 0 heterocycles. The first kappa shape index (κ1) is 27.6. The Balaban J connectivity index is 0.00000336. The summed E-state index contributed by atoms with van der Waals surface area (Å²) in [7, 11) is 1.18. The van der Waals surface area contributed by atoms with Gasteiger partial charge in [0.15, 0.2) is 11.6 Å². The molecule has 2 atom stereocenters. The minimum absolute atomic E-state index is 0. The van der Waals surface area contributed by atoms with E-state index in [0.717, 1.165) is 6.07 Å². The van der Waals surface area contributed by atoms with Gasteiger partial charge in [0, 0.05) is 34.2 Å². The number of rotatable bonds is 4.